The van der Waals surface area contributed by atoms with Gasteiger partial charge in [0, 0.05) is 41.4 Å². The number of ether oxygens (including phenoxy) is 1. The summed E-state index contributed by atoms with van der Waals surface area (Å²) >= 11 is 0. The lowest BCUT2D eigenvalue weighted by molar-refractivity contribution is -0.118. The first-order chi connectivity index (χ1) is 22.3. The highest BCUT2D eigenvalue weighted by atomic mass is 16.5. The second-order valence-corrected chi connectivity index (χ2v) is 11.4. The largest absolute Gasteiger partial charge is 0.508 e. The Morgan fingerprint density at radius 2 is 1.60 bits per heavy atom. The molecule has 0 saturated heterocycles. The molecule has 6 N–H and O–H groups in total. The summed E-state index contributed by atoms with van der Waals surface area (Å²) < 4.78 is 5.30. The number of nitrogens with zero attached hydrogens (tertiary/aromatic N) is 1. The fourth-order valence-corrected chi connectivity index (χ4v) is 4.32. The minimum Gasteiger partial charge on any atom is -0.508 e. The van der Waals surface area contributed by atoms with E-state index in [4.69, 9.17) is 15.6 Å². The van der Waals surface area contributed by atoms with Crippen LogP contribution in [0.5, 0.6) is 23.0 Å². The second kappa shape index (κ2) is 18.7. The number of methoxy groups -OCH3 is 1. The molecule has 250 valence electrons. The van der Waals surface area contributed by atoms with Crippen LogP contribution < -0.4 is 10.1 Å². The number of aromatic hydroxyl groups is 3. The van der Waals surface area contributed by atoms with Gasteiger partial charge in [0.1, 0.15) is 11.5 Å². The molecule has 0 aliphatic heterocycles. The highest BCUT2D eigenvalue weighted by Gasteiger charge is 2.12. The first kappa shape index (κ1) is 38.0. The van der Waals surface area contributed by atoms with Crippen LogP contribution in [0.3, 0.4) is 0 Å². The van der Waals surface area contributed by atoms with Crippen molar-refractivity contribution in [3.8, 4) is 23.0 Å². The molecule has 47 heavy (non-hydrogen) atoms. The monoisotopic (exact) mass is 640 g/mol. The zero-order chi connectivity index (χ0) is 35.1. The number of carbonyl (C=O) groups excluding carboxylic acids is 1. The molecule has 0 heterocycles. The number of hydrogen-bond donors (Lipinski definition) is 6. The summed E-state index contributed by atoms with van der Waals surface area (Å²) in [6.07, 6.45) is 1.78. The number of fused-ring (bicyclic) bond motifs is 1. The predicted octanol–water partition coefficient (Wildman–Crippen LogP) is 7.59. The maximum Gasteiger partial charge on any atom is 0.216 e. The average molecular weight is 641 g/mol. The third-order valence-corrected chi connectivity index (χ3v) is 7.49. The van der Waals surface area contributed by atoms with Gasteiger partial charge in [-0.05, 0) is 105 Å². The van der Waals surface area contributed by atoms with Crippen molar-refractivity contribution in [1.82, 2.24) is 5.32 Å². The van der Waals surface area contributed by atoms with Gasteiger partial charge >= 0.3 is 0 Å². The van der Waals surface area contributed by atoms with Gasteiger partial charge in [-0.1, -0.05) is 38.1 Å². The van der Waals surface area contributed by atoms with E-state index in [1.165, 1.54) is 13.0 Å². The highest BCUT2D eigenvalue weighted by Crippen LogP contribution is 2.34. The maximum absolute atomic E-state index is 10.8. The number of amides is 1. The normalized spacial score (nSPS) is 11.3. The standard InChI is InChI=1S/C18H20N2O2.C14H15NO3.C6H13N/c1-12-4-9-16(22-3)10-17(12)18(20-11-13(2)19)14-5-7-15(21)8-6-14;1-9(16)15-7-6-10-2-3-11-4-5-13(17)14(18)12(11)8-10;1-4-5(2)6(3)7/h4-10,19,21H,11H2,1-3H3;2-5,8,17-18H,6-7H2,1H3,(H,15,16);5,7H,4H2,1-3H3. The van der Waals surface area contributed by atoms with Gasteiger partial charge in [-0.2, -0.15) is 0 Å². The number of rotatable bonds is 10. The van der Waals surface area contributed by atoms with E-state index in [1.54, 1.807) is 32.2 Å². The molecular weight excluding hydrogens is 592 g/mol. The highest BCUT2D eigenvalue weighted by molar-refractivity contribution is 6.14. The van der Waals surface area contributed by atoms with E-state index in [0.717, 1.165) is 51.2 Å². The Kier molecular flexibility index (Phi) is 15.1. The van der Waals surface area contributed by atoms with E-state index >= 15 is 0 Å². The molecule has 9 nitrogen and oxygen atoms in total. The van der Waals surface area contributed by atoms with Gasteiger partial charge in [0.25, 0.3) is 0 Å². The van der Waals surface area contributed by atoms with Gasteiger partial charge in [-0.25, -0.2) is 0 Å². The topological polar surface area (TPSA) is 159 Å². The minimum atomic E-state index is -0.124. The fourth-order valence-electron chi connectivity index (χ4n) is 4.32. The Balaban J connectivity index is 0.000000276. The molecule has 1 unspecified atom stereocenters. The van der Waals surface area contributed by atoms with E-state index in [2.05, 4.69) is 24.2 Å². The molecule has 0 aliphatic rings. The SMILES string of the molecule is CC(=O)NCCc1ccc2ccc(O)c(O)c2c1.CCC(C)C(C)=N.COc1ccc(C)c(C(=NCC(C)=N)c2ccc(O)cc2)c1. The lowest BCUT2D eigenvalue weighted by Crippen LogP contribution is -2.22. The molecule has 0 saturated carbocycles. The van der Waals surface area contributed by atoms with Gasteiger partial charge in [0.05, 0.1) is 19.4 Å². The van der Waals surface area contributed by atoms with E-state index in [0.29, 0.717) is 36.5 Å². The van der Waals surface area contributed by atoms with Crippen LogP contribution in [-0.4, -0.2) is 58.6 Å². The van der Waals surface area contributed by atoms with Crippen LogP contribution in [0.25, 0.3) is 10.8 Å². The smallest absolute Gasteiger partial charge is 0.216 e. The van der Waals surface area contributed by atoms with Crippen molar-refractivity contribution in [2.75, 3.05) is 20.2 Å². The minimum absolute atomic E-state index is 0.0590. The molecule has 0 fully saturated rings. The Morgan fingerprint density at radius 3 is 2.15 bits per heavy atom. The number of benzene rings is 4. The Bertz CT molecular complexity index is 1700. The molecule has 0 spiro atoms. The Morgan fingerprint density at radius 1 is 0.936 bits per heavy atom. The molecule has 4 aromatic carbocycles. The lowest BCUT2D eigenvalue weighted by atomic mass is 9.97. The number of aliphatic imine (C=N–C) groups is 1. The molecule has 0 bridgehead atoms. The van der Waals surface area contributed by atoms with Crippen molar-refractivity contribution in [2.45, 2.75) is 54.4 Å². The fraction of sp³-hybridized carbons (Fsp3) is 0.316. The van der Waals surface area contributed by atoms with Crippen molar-refractivity contribution in [2.24, 2.45) is 10.9 Å². The first-order valence-electron chi connectivity index (χ1n) is 15.5. The number of nitrogens with one attached hydrogen (secondary N) is 3. The van der Waals surface area contributed by atoms with Crippen LogP contribution in [0.4, 0.5) is 0 Å². The molecule has 0 aliphatic carbocycles. The Hall–Kier alpha value is -5.18. The van der Waals surface area contributed by atoms with Gasteiger partial charge in [-0.15, -0.1) is 0 Å². The van der Waals surface area contributed by atoms with Crippen molar-refractivity contribution in [1.29, 1.82) is 10.8 Å². The van der Waals surface area contributed by atoms with E-state index in [1.807, 2.05) is 62.4 Å². The third kappa shape index (κ3) is 12.3. The van der Waals surface area contributed by atoms with Crippen molar-refractivity contribution < 1.29 is 24.9 Å². The van der Waals surface area contributed by atoms with Gasteiger partial charge in [0.2, 0.25) is 5.91 Å². The number of carbonyl (C=O) groups is 1. The molecule has 4 rings (SSSR count). The zero-order valence-corrected chi connectivity index (χ0v) is 28.4. The molecule has 0 aromatic heterocycles. The summed E-state index contributed by atoms with van der Waals surface area (Å²) in [6.45, 7) is 12.1. The van der Waals surface area contributed by atoms with Gasteiger partial charge in [-0.3, -0.25) is 9.79 Å². The van der Waals surface area contributed by atoms with Crippen molar-refractivity contribution in [3.05, 3.63) is 95.1 Å². The predicted molar refractivity (Wildman–Crippen MR) is 192 cm³/mol. The van der Waals surface area contributed by atoms with Gasteiger partial charge in [0.15, 0.2) is 11.5 Å². The van der Waals surface area contributed by atoms with Crippen LogP contribution >= 0.6 is 0 Å². The maximum atomic E-state index is 10.8. The van der Waals surface area contributed by atoms with Gasteiger partial charge < -0.3 is 36.2 Å². The van der Waals surface area contributed by atoms with E-state index in [-0.39, 0.29) is 23.2 Å². The van der Waals surface area contributed by atoms with E-state index < -0.39 is 0 Å². The summed E-state index contributed by atoms with van der Waals surface area (Å²) in [7, 11) is 1.63. The van der Waals surface area contributed by atoms with Crippen LogP contribution in [-0.2, 0) is 11.2 Å². The quantitative estimate of drug-likeness (QED) is 0.0777. The zero-order valence-electron chi connectivity index (χ0n) is 28.4. The van der Waals surface area contributed by atoms with Crippen LogP contribution in [0.2, 0.25) is 0 Å². The summed E-state index contributed by atoms with van der Waals surface area (Å²) in [5.41, 5.74) is 6.02. The number of hydrogen-bond acceptors (Lipinski definition) is 8. The molecule has 1 amide bonds. The second-order valence-electron chi connectivity index (χ2n) is 11.4. The van der Waals surface area contributed by atoms with Crippen molar-refractivity contribution in [3.63, 3.8) is 0 Å². The lowest BCUT2D eigenvalue weighted by Gasteiger charge is -2.12. The molecule has 0 radical (unpaired) electrons. The van der Waals surface area contributed by atoms with Crippen molar-refractivity contribution >= 4 is 33.8 Å². The summed E-state index contributed by atoms with van der Waals surface area (Å²) in [6, 6.07) is 21.6. The number of aryl methyl sites for hydroxylation is 1. The Labute approximate surface area is 278 Å². The molecule has 1 atom stereocenters. The van der Waals surface area contributed by atoms with Crippen LogP contribution in [0.1, 0.15) is 63.3 Å². The third-order valence-electron chi connectivity index (χ3n) is 7.49. The van der Waals surface area contributed by atoms with E-state index in [9.17, 15) is 20.1 Å². The number of phenols is 3. The molecule has 9 heteroatoms. The van der Waals surface area contributed by atoms with Crippen LogP contribution in [0, 0.1) is 23.7 Å². The summed E-state index contributed by atoms with van der Waals surface area (Å²) in [5, 5.41) is 47.6. The summed E-state index contributed by atoms with van der Waals surface area (Å²) in [5.74, 6) is 1.18. The molecule has 4 aromatic rings. The first-order valence-corrected chi connectivity index (χ1v) is 15.5. The number of phenolic OH excluding ortho intramolecular Hbond substituents is 3. The average Bonchev–Trinajstić information content (AvgIpc) is 3.04. The summed E-state index contributed by atoms with van der Waals surface area (Å²) in [4.78, 5) is 15.3. The van der Waals surface area contributed by atoms with Crippen LogP contribution in [0.15, 0.2) is 77.8 Å². The molecular formula is C38H48N4O5.